The highest BCUT2D eigenvalue weighted by Crippen LogP contribution is 2.29. The topological polar surface area (TPSA) is 55.0 Å². The lowest BCUT2D eigenvalue weighted by molar-refractivity contribution is 0.677. The van der Waals surface area contributed by atoms with Gasteiger partial charge in [0.2, 0.25) is 0 Å². The van der Waals surface area contributed by atoms with Crippen molar-refractivity contribution in [3.05, 3.63) is 33.9 Å². The summed E-state index contributed by atoms with van der Waals surface area (Å²) in [5, 5.41) is 2.36. The summed E-state index contributed by atoms with van der Waals surface area (Å²) < 4.78 is 0. The lowest BCUT2D eigenvalue weighted by Gasteiger charge is -2.28. The van der Waals surface area contributed by atoms with E-state index in [4.69, 9.17) is 17.3 Å². The second kappa shape index (κ2) is 5.54. The Labute approximate surface area is 115 Å². The van der Waals surface area contributed by atoms with E-state index in [1.807, 2.05) is 6.07 Å². The van der Waals surface area contributed by atoms with Crippen LogP contribution in [0.15, 0.2) is 23.8 Å². The molecular formula is C12H15ClN4S. The molecule has 0 aliphatic heterocycles. The molecule has 2 heterocycles. The monoisotopic (exact) mass is 282 g/mol. The molecule has 2 aromatic heterocycles. The molecule has 0 fully saturated rings. The Kier molecular flexibility index (Phi) is 4.04. The van der Waals surface area contributed by atoms with Crippen LogP contribution in [-0.4, -0.2) is 16.0 Å². The fourth-order valence-electron chi connectivity index (χ4n) is 1.67. The molecule has 18 heavy (non-hydrogen) atoms. The fraction of sp³-hybridized carbons (Fsp3) is 0.333. The van der Waals surface area contributed by atoms with E-state index in [-0.39, 0.29) is 6.04 Å². The number of nitrogen functional groups attached to an aromatic ring is 1. The summed E-state index contributed by atoms with van der Waals surface area (Å²) in [6.07, 6.45) is 1.44. The van der Waals surface area contributed by atoms with Gasteiger partial charge >= 0.3 is 0 Å². The minimum absolute atomic E-state index is 0.278. The van der Waals surface area contributed by atoms with Crippen molar-refractivity contribution in [1.29, 1.82) is 0 Å². The van der Waals surface area contributed by atoms with Gasteiger partial charge in [-0.25, -0.2) is 9.97 Å². The molecule has 0 spiro atoms. The van der Waals surface area contributed by atoms with E-state index < -0.39 is 0 Å². The molecule has 0 aliphatic carbocycles. The third kappa shape index (κ3) is 2.73. The second-order valence-electron chi connectivity index (χ2n) is 4.20. The lowest BCUT2D eigenvalue weighted by Crippen LogP contribution is -2.31. The molecule has 0 aliphatic rings. The average Bonchev–Trinajstić information content (AvgIpc) is 2.83. The maximum absolute atomic E-state index is 5.96. The van der Waals surface area contributed by atoms with Crippen LogP contribution in [-0.2, 0) is 6.54 Å². The number of rotatable bonds is 4. The SMILES string of the molecule is CC(C)N(Cc1cccs1)c1ncnc(Cl)c1N. The van der Waals surface area contributed by atoms with Crippen LogP contribution in [0.2, 0.25) is 5.15 Å². The van der Waals surface area contributed by atoms with Crippen molar-refractivity contribution < 1.29 is 0 Å². The Morgan fingerprint density at radius 2 is 2.22 bits per heavy atom. The van der Waals surface area contributed by atoms with E-state index in [9.17, 15) is 0 Å². The quantitative estimate of drug-likeness (QED) is 0.875. The molecule has 4 nitrogen and oxygen atoms in total. The first-order chi connectivity index (χ1) is 8.59. The van der Waals surface area contributed by atoms with Crippen LogP contribution in [0.25, 0.3) is 0 Å². The maximum atomic E-state index is 5.96. The zero-order valence-corrected chi connectivity index (χ0v) is 11.9. The number of nitrogens with two attached hydrogens (primary N) is 1. The van der Waals surface area contributed by atoms with Crippen molar-refractivity contribution in [2.24, 2.45) is 0 Å². The first kappa shape index (κ1) is 13.1. The van der Waals surface area contributed by atoms with E-state index in [1.54, 1.807) is 11.3 Å². The minimum atomic E-state index is 0.278. The molecule has 2 rings (SSSR count). The lowest BCUT2D eigenvalue weighted by atomic mass is 10.3. The second-order valence-corrected chi connectivity index (χ2v) is 5.59. The Morgan fingerprint density at radius 1 is 1.44 bits per heavy atom. The summed E-state index contributed by atoms with van der Waals surface area (Å²) >= 11 is 7.66. The number of nitrogens with zero attached hydrogens (tertiary/aromatic N) is 3. The summed E-state index contributed by atoms with van der Waals surface area (Å²) in [4.78, 5) is 11.5. The predicted molar refractivity (Wildman–Crippen MR) is 77.1 cm³/mol. The van der Waals surface area contributed by atoms with Gasteiger partial charge in [-0.2, -0.15) is 0 Å². The summed E-state index contributed by atoms with van der Waals surface area (Å²) in [5.74, 6) is 0.693. The van der Waals surface area contributed by atoms with Crippen molar-refractivity contribution >= 4 is 34.4 Å². The van der Waals surface area contributed by atoms with Gasteiger partial charge in [0, 0.05) is 10.9 Å². The third-order valence-corrected chi connectivity index (χ3v) is 3.78. The molecule has 0 aromatic carbocycles. The van der Waals surface area contributed by atoms with Crippen molar-refractivity contribution in [2.75, 3.05) is 10.6 Å². The highest BCUT2D eigenvalue weighted by atomic mass is 35.5. The zero-order chi connectivity index (χ0) is 13.1. The van der Waals surface area contributed by atoms with E-state index in [2.05, 4.69) is 40.2 Å². The van der Waals surface area contributed by atoms with Crippen molar-refractivity contribution in [2.45, 2.75) is 26.4 Å². The Morgan fingerprint density at radius 3 is 2.83 bits per heavy atom. The first-order valence-corrected chi connectivity index (χ1v) is 6.90. The smallest absolute Gasteiger partial charge is 0.157 e. The molecule has 0 radical (unpaired) electrons. The maximum Gasteiger partial charge on any atom is 0.157 e. The van der Waals surface area contributed by atoms with Crippen LogP contribution in [0.4, 0.5) is 11.5 Å². The Balaban J connectivity index is 2.33. The highest BCUT2D eigenvalue weighted by Gasteiger charge is 2.17. The summed E-state index contributed by atoms with van der Waals surface area (Å²) in [6.45, 7) is 4.97. The molecular weight excluding hydrogens is 268 g/mol. The number of hydrogen-bond donors (Lipinski definition) is 1. The molecule has 0 bridgehead atoms. The summed E-state index contributed by atoms with van der Waals surface area (Å²) in [7, 11) is 0. The zero-order valence-electron chi connectivity index (χ0n) is 10.3. The van der Waals surface area contributed by atoms with Gasteiger partial charge in [-0.05, 0) is 25.3 Å². The molecule has 0 saturated carbocycles. The van der Waals surface area contributed by atoms with Crippen molar-refractivity contribution in [3.8, 4) is 0 Å². The predicted octanol–water partition coefficient (Wildman–Crippen LogP) is 3.19. The normalized spacial score (nSPS) is 10.9. The van der Waals surface area contributed by atoms with E-state index in [0.29, 0.717) is 16.7 Å². The summed E-state index contributed by atoms with van der Waals surface area (Å²) in [5.41, 5.74) is 6.39. The fourth-order valence-corrected chi connectivity index (χ4v) is 2.50. The van der Waals surface area contributed by atoms with Crippen LogP contribution in [0.5, 0.6) is 0 Å². The van der Waals surface area contributed by atoms with E-state index in [1.165, 1.54) is 11.2 Å². The van der Waals surface area contributed by atoms with Crippen LogP contribution in [0.1, 0.15) is 18.7 Å². The summed E-state index contributed by atoms with van der Waals surface area (Å²) in [6, 6.07) is 4.41. The Hall–Kier alpha value is -1.33. The number of anilines is 2. The molecule has 0 atom stereocenters. The van der Waals surface area contributed by atoms with Crippen LogP contribution in [0.3, 0.4) is 0 Å². The van der Waals surface area contributed by atoms with E-state index >= 15 is 0 Å². The van der Waals surface area contributed by atoms with Crippen LogP contribution < -0.4 is 10.6 Å². The molecule has 2 aromatic rings. The molecule has 96 valence electrons. The number of halogens is 1. The van der Waals surface area contributed by atoms with Gasteiger partial charge in [0.05, 0.1) is 6.54 Å². The van der Waals surface area contributed by atoms with Gasteiger partial charge in [0.15, 0.2) is 11.0 Å². The third-order valence-electron chi connectivity index (χ3n) is 2.62. The standard InChI is InChI=1S/C12H15ClN4S/c1-8(2)17(6-9-4-3-5-18-9)12-10(14)11(13)15-7-16-12/h3-5,7-8H,6,14H2,1-2H3. The van der Waals surface area contributed by atoms with Gasteiger partial charge in [-0.1, -0.05) is 17.7 Å². The van der Waals surface area contributed by atoms with Crippen molar-refractivity contribution in [3.63, 3.8) is 0 Å². The van der Waals surface area contributed by atoms with Gasteiger partial charge in [0.25, 0.3) is 0 Å². The number of aromatic nitrogens is 2. The van der Waals surface area contributed by atoms with Gasteiger partial charge in [-0.3, -0.25) is 0 Å². The van der Waals surface area contributed by atoms with Gasteiger partial charge in [-0.15, -0.1) is 11.3 Å². The number of thiophene rings is 1. The molecule has 0 amide bonds. The van der Waals surface area contributed by atoms with Crippen LogP contribution >= 0.6 is 22.9 Å². The molecule has 0 unspecified atom stereocenters. The van der Waals surface area contributed by atoms with E-state index in [0.717, 1.165) is 6.54 Å². The molecule has 0 saturated heterocycles. The van der Waals surface area contributed by atoms with Crippen LogP contribution in [0, 0.1) is 0 Å². The molecule has 6 heteroatoms. The van der Waals surface area contributed by atoms with Gasteiger partial charge in [0.1, 0.15) is 12.0 Å². The largest absolute Gasteiger partial charge is 0.393 e. The molecule has 2 N–H and O–H groups in total. The first-order valence-electron chi connectivity index (χ1n) is 5.64. The number of hydrogen-bond acceptors (Lipinski definition) is 5. The van der Waals surface area contributed by atoms with Crippen molar-refractivity contribution in [1.82, 2.24) is 9.97 Å². The highest BCUT2D eigenvalue weighted by molar-refractivity contribution is 7.09. The Bertz CT molecular complexity index is 513. The average molecular weight is 283 g/mol. The van der Waals surface area contributed by atoms with Gasteiger partial charge < -0.3 is 10.6 Å². The minimum Gasteiger partial charge on any atom is -0.393 e.